The molecule has 0 saturated carbocycles. The molecule has 1 aromatic rings. The second-order valence-corrected chi connectivity index (χ2v) is 3.90. The van der Waals surface area contributed by atoms with E-state index in [0.29, 0.717) is 24.6 Å². The first-order chi connectivity index (χ1) is 7.09. The third-order valence-corrected chi connectivity index (χ3v) is 2.75. The topological polar surface area (TPSA) is 82.6 Å². The van der Waals surface area contributed by atoms with Gasteiger partial charge in [0.15, 0.2) is 5.82 Å². The summed E-state index contributed by atoms with van der Waals surface area (Å²) in [5, 5.41) is 18.9. The lowest BCUT2D eigenvalue weighted by Gasteiger charge is -2.19. The van der Waals surface area contributed by atoms with Gasteiger partial charge in [0.2, 0.25) is 0 Å². The molecule has 2 atom stereocenters. The van der Waals surface area contributed by atoms with Crippen LogP contribution in [0.15, 0.2) is 12.3 Å². The van der Waals surface area contributed by atoms with E-state index in [1.54, 1.807) is 11.1 Å². The highest BCUT2D eigenvalue weighted by Crippen LogP contribution is 2.26. The Morgan fingerprint density at radius 2 is 2.00 bits per heavy atom. The van der Waals surface area contributed by atoms with E-state index in [9.17, 15) is 10.2 Å². The molecule has 0 aromatic carbocycles. The largest absolute Gasteiger partial charge is 0.396 e. The van der Waals surface area contributed by atoms with E-state index in [2.05, 4.69) is 4.98 Å². The summed E-state index contributed by atoms with van der Waals surface area (Å²) < 4.78 is 0. The molecule has 0 aliphatic carbocycles. The predicted octanol–water partition coefficient (Wildman–Crippen LogP) is -0.486. The normalized spacial score (nSPS) is 25.9. The quantitative estimate of drug-likeness (QED) is 0.581. The first-order valence-corrected chi connectivity index (χ1v) is 4.91. The van der Waals surface area contributed by atoms with Crippen LogP contribution in [-0.2, 0) is 0 Å². The van der Waals surface area contributed by atoms with Crippen molar-refractivity contribution in [2.45, 2.75) is 19.1 Å². The Morgan fingerprint density at radius 1 is 1.40 bits per heavy atom. The average molecular weight is 209 g/mol. The molecular formula is C10H15N3O2. The van der Waals surface area contributed by atoms with Gasteiger partial charge in [0.05, 0.1) is 17.9 Å². The van der Waals surface area contributed by atoms with Crippen LogP contribution in [0.5, 0.6) is 0 Å². The molecule has 1 aromatic heterocycles. The van der Waals surface area contributed by atoms with Crippen molar-refractivity contribution in [1.82, 2.24) is 4.98 Å². The molecule has 0 spiro atoms. The highest BCUT2D eigenvalue weighted by Gasteiger charge is 2.31. The number of nitrogen functional groups attached to an aromatic ring is 1. The van der Waals surface area contributed by atoms with E-state index in [4.69, 9.17) is 5.73 Å². The SMILES string of the molecule is Cc1ccnc(N2CC(O)C(O)C2)c1N. The monoisotopic (exact) mass is 209 g/mol. The number of nitrogens with zero attached hydrogens (tertiary/aromatic N) is 2. The molecule has 82 valence electrons. The Bertz CT molecular complexity index is 360. The van der Waals surface area contributed by atoms with Gasteiger partial charge < -0.3 is 20.8 Å². The first kappa shape index (κ1) is 10.2. The third kappa shape index (κ3) is 1.75. The van der Waals surface area contributed by atoms with Crippen LogP contribution in [0.25, 0.3) is 0 Å². The van der Waals surface area contributed by atoms with Crippen LogP contribution in [0.4, 0.5) is 11.5 Å². The van der Waals surface area contributed by atoms with Gasteiger partial charge in [0.25, 0.3) is 0 Å². The van der Waals surface area contributed by atoms with Crippen molar-refractivity contribution < 1.29 is 10.2 Å². The molecule has 5 heteroatoms. The Hall–Kier alpha value is -1.33. The summed E-state index contributed by atoms with van der Waals surface area (Å²) in [4.78, 5) is 5.97. The predicted molar refractivity (Wildman–Crippen MR) is 57.6 cm³/mol. The van der Waals surface area contributed by atoms with Gasteiger partial charge in [-0.25, -0.2) is 4.98 Å². The third-order valence-electron chi connectivity index (χ3n) is 2.75. The van der Waals surface area contributed by atoms with Crippen molar-refractivity contribution in [3.05, 3.63) is 17.8 Å². The van der Waals surface area contributed by atoms with Gasteiger partial charge in [-0.1, -0.05) is 0 Å². The number of rotatable bonds is 1. The van der Waals surface area contributed by atoms with Crippen LogP contribution in [0.1, 0.15) is 5.56 Å². The van der Waals surface area contributed by atoms with Gasteiger partial charge >= 0.3 is 0 Å². The van der Waals surface area contributed by atoms with Crippen molar-refractivity contribution in [2.24, 2.45) is 0 Å². The first-order valence-electron chi connectivity index (χ1n) is 4.91. The van der Waals surface area contributed by atoms with Crippen molar-refractivity contribution in [3.63, 3.8) is 0 Å². The molecule has 5 nitrogen and oxygen atoms in total. The number of β-amino-alcohol motifs (C(OH)–C–C–N with tert-alkyl or cyclic N) is 2. The number of aliphatic hydroxyl groups is 2. The van der Waals surface area contributed by atoms with Crippen LogP contribution in [0, 0.1) is 6.92 Å². The number of aliphatic hydroxyl groups excluding tert-OH is 2. The minimum atomic E-state index is -0.716. The van der Waals surface area contributed by atoms with E-state index < -0.39 is 12.2 Å². The second kappa shape index (κ2) is 3.67. The molecular weight excluding hydrogens is 194 g/mol. The molecule has 2 heterocycles. The number of aromatic nitrogens is 1. The van der Waals surface area contributed by atoms with Gasteiger partial charge in [0, 0.05) is 19.3 Å². The fourth-order valence-electron chi connectivity index (χ4n) is 1.75. The summed E-state index contributed by atoms with van der Waals surface area (Å²) in [6.07, 6.45) is 0.247. The fraction of sp³-hybridized carbons (Fsp3) is 0.500. The van der Waals surface area contributed by atoms with E-state index >= 15 is 0 Å². The minimum absolute atomic E-state index is 0.377. The van der Waals surface area contributed by atoms with Gasteiger partial charge in [-0.3, -0.25) is 0 Å². The number of anilines is 2. The Kier molecular flexibility index (Phi) is 2.50. The lowest BCUT2D eigenvalue weighted by molar-refractivity contribution is 0.0572. The molecule has 2 unspecified atom stereocenters. The second-order valence-electron chi connectivity index (χ2n) is 3.90. The van der Waals surface area contributed by atoms with Gasteiger partial charge in [0.1, 0.15) is 0 Å². The van der Waals surface area contributed by atoms with E-state index in [-0.39, 0.29) is 0 Å². The van der Waals surface area contributed by atoms with Crippen LogP contribution in [0.3, 0.4) is 0 Å². The molecule has 1 aliphatic rings. The summed E-state index contributed by atoms with van der Waals surface area (Å²) in [6.45, 7) is 2.66. The molecule has 1 saturated heterocycles. The standard InChI is InChI=1S/C10H15N3O2/c1-6-2-3-12-10(9(6)11)13-4-7(14)8(15)5-13/h2-3,7-8,14-15H,4-5,11H2,1H3. The average Bonchev–Trinajstić information content (AvgIpc) is 2.51. The highest BCUT2D eigenvalue weighted by atomic mass is 16.3. The lowest BCUT2D eigenvalue weighted by atomic mass is 10.2. The molecule has 0 bridgehead atoms. The molecule has 0 radical (unpaired) electrons. The van der Waals surface area contributed by atoms with Gasteiger partial charge in [-0.2, -0.15) is 0 Å². The summed E-state index contributed by atoms with van der Waals surface area (Å²) in [7, 11) is 0. The van der Waals surface area contributed by atoms with Crippen molar-refractivity contribution in [1.29, 1.82) is 0 Å². The molecule has 0 amide bonds. The molecule has 1 fully saturated rings. The highest BCUT2D eigenvalue weighted by molar-refractivity contribution is 5.66. The molecule has 2 rings (SSSR count). The van der Waals surface area contributed by atoms with E-state index in [1.807, 2.05) is 13.0 Å². The maximum Gasteiger partial charge on any atom is 0.152 e. The van der Waals surface area contributed by atoms with E-state index in [1.165, 1.54) is 0 Å². The summed E-state index contributed by atoms with van der Waals surface area (Å²) >= 11 is 0. The smallest absolute Gasteiger partial charge is 0.152 e. The van der Waals surface area contributed by atoms with Crippen molar-refractivity contribution in [2.75, 3.05) is 23.7 Å². The fourth-order valence-corrected chi connectivity index (χ4v) is 1.75. The number of hydrogen-bond acceptors (Lipinski definition) is 5. The van der Waals surface area contributed by atoms with Crippen LogP contribution >= 0.6 is 0 Å². The summed E-state index contributed by atoms with van der Waals surface area (Å²) in [5.41, 5.74) is 7.45. The van der Waals surface area contributed by atoms with Crippen molar-refractivity contribution >= 4 is 11.5 Å². The van der Waals surface area contributed by atoms with Gasteiger partial charge in [-0.05, 0) is 18.6 Å². The van der Waals surface area contributed by atoms with E-state index in [0.717, 1.165) is 5.56 Å². The Labute approximate surface area is 88.2 Å². The number of hydrogen-bond donors (Lipinski definition) is 3. The zero-order chi connectivity index (χ0) is 11.0. The maximum atomic E-state index is 9.43. The number of pyridine rings is 1. The Balaban J connectivity index is 2.27. The number of nitrogens with two attached hydrogens (primary N) is 1. The zero-order valence-corrected chi connectivity index (χ0v) is 8.59. The molecule has 15 heavy (non-hydrogen) atoms. The summed E-state index contributed by atoms with van der Waals surface area (Å²) in [5.74, 6) is 0.644. The number of aryl methyl sites for hydroxylation is 1. The van der Waals surface area contributed by atoms with Crippen molar-refractivity contribution in [3.8, 4) is 0 Å². The van der Waals surface area contributed by atoms with Crippen LogP contribution in [0.2, 0.25) is 0 Å². The van der Waals surface area contributed by atoms with Gasteiger partial charge in [-0.15, -0.1) is 0 Å². The van der Waals surface area contributed by atoms with Crippen LogP contribution in [-0.4, -0.2) is 40.5 Å². The molecule has 4 N–H and O–H groups in total. The Morgan fingerprint density at radius 3 is 2.60 bits per heavy atom. The zero-order valence-electron chi connectivity index (χ0n) is 8.59. The minimum Gasteiger partial charge on any atom is -0.396 e. The van der Waals surface area contributed by atoms with Crippen LogP contribution < -0.4 is 10.6 Å². The maximum absolute atomic E-state index is 9.43. The molecule has 1 aliphatic heterocycles. The summed E-state index contributed by atoms with van der Waals surface area (Å²) in [6, 6.07) is 1.84. The lowest BCUT2D eigenvalue weighted by Crippen LogP contribution is -2.23.